The van der Waals surface area contributed by atoms with Crippen LogP contribution in [-0.2, 0) is 9.47 Å². The van der Waals surface area contributed by atoms with Crippen molar-refractivity contribution < 1.29 is 23.4 Å². The summed E-state index contributed by atoms with van der Waals surface area (Å²) in [6.45, 7) is 6.73. The number of nitrogens with one attached hydrogen (secondary N) is 1. The van der Waals surface area contributed by atoms with Gasteiger partial charge in [0.2, 0.25) is 11.8 Å². The van der Waals surface area contributed by atoms with Crippen molar-refractivity contribution in [2.45, 2.75) is 25.8 Å². The first-order chi connectivity index (χ1) is 13.6. The van der Waals surface area contributed by atoms with E-state index in [9.17, 15) is 9.18 Å². The largest absolute Gasteiger partial charge is 0.481 e. The Morgan fingerprint density at radius 2 is 2.29 bits per heavy atom. The molecule has 1 atom stereocenters. The van der Waals surface area contributed by atoms with Crippen molar-refractivity contribution in [3.8, 4) is 12.5 Å². The molecule has 1 saturated heterocycles. The van der Waals surface area contributed by atoms with Gasteiger partial charge in [-0.15, -0.1) is 0 Å². The third-order valence-corrected chi connectivity index (χ3v) is 3.98. The normalized spacial score (nSPS) is 15.8. The maximum Gasteiger partial charge on any atom is 0.343 e. The molecule has 0 radical (unpaired) electrons. The molecule has 10 heteroatoms. The minimum Gasteiger partial charge on any atom is -0.481 e. The lowest BCUT2D eigenvalue weighted by Crippen LogP contribution is -2.21. The average molecular weight is 391 g/mol. The monoisotopic (exact) mass is 391 g/mol. The number of nitriles is 1. The van der Waals surface area contributed by atoms with Gasteiger partial charge in [0.25, 0.3) is 0 Å². The second kappa shape index (κ2) is 10.2. The predicted octanol–water partition coefficient (Wildman–Crippen LogP) is 2.84. The molecule has 0 bridgehead atoms. The van der Waals surface area contributed by atoms with Crippen molar-refractivity contribution in [3.05, 3.63) is 29.8 Å². The maximum absolute atomic E-state index is 13.6. The Labute approximate surface area is 162 Å². The number of hydrogen-bond donors (Lipinski definition) is 1. The number of aromatic nitrogens is 3. The van der Waals surface area contributed by atoms with Crippen molar-refractivity contribution in [2.75, 3.05) is 32.2 Å². The number of carbonyl (C=O) groups is 1. The van der Waals surface area contributed by atoms with E-state index in [-0.39, 0.29) is 29.9 Å². The fourth-order valence-corrected chi connectivity index (χ4v) is 2.75. The van der Waals surface area contributed by atoms with Crippen LogP contribution in [0.5, 0.6) is 5.88 Å². The third kappa shape index (κ3) is 5.17. The van der Waals surface area contributed by atoms with E-state index in [2.05, 4.69) is 22.0 Å². The van der Waals surface area contributed by atoms with Gasteiger partial charge in [-0.25, -0.2) is 10.1 Å². The quantitative estimate of drug-likeness (QED) is 0.591. The zero-order valence-electron chi connectivity index (χ0n) is 15.7. The molecule has 0 spiro atoms. The van der Waals surface area contributed by atoms with Crippen LogP contribution in [0, 0.1) is 17.8 Å². The number of pyridine rings is 1. The number of carbonyl (C=O) groups excluding carboxylic acids is 1. The lowest BCUT2D eigenvalue weighted by atomic mass is 10.1. The van der Waals surface area contributed by atoms with Crippen molar-refractivity contribution in [3.63, 3.8) is 0 Å². The highest BCUT2D eigenvalue weighted by molar-refractivity contribution is 5.95. The summed E-state index contributed by atoms with van der Waals surface area (Å²) in [5.74, 6) is -0.809. The van der Waals surface area contributed by atoms with E-state index in [1.807, 2.05) is 0 Å². The smallest absolute Gasteiger partial charge is 0.343 e. The standard InChI is InChI=1S/C17H21FN4O4.CHN/c1-3-26-17(23)13-9-22(12-5-4-6-25-10-12)21-16(13)19-11-7-14(18)20-15(8-11)24-2;1-2/h7-9,12H,3-6,10H2,1-2H3,(H,19,20,21);1H. The van der Waals surface area contributed by atoms with E-state index in [4.69, 9.17) is 19.5 Å². The summed E-state index contributed by atoms with van der Waals surface area (Å²) >= 11 is 0. The fraction of sp³-hybridized carbons (Fsp3) is 0.444. The van der Waals surface area contributed by atoms with E-state index in [0.717, 1.165) is 19.4 Å². The van der Waals surface area contributed by atoms with Gasteiger partial charge in [0.15, 0.2) is 5.82 Å². The molecule has 1 unspecified atom stereocenters. The summed E-state index contributed by atoms with van der Waals surface area (Å²) in [5.41, 5.74) is 0.638. The number of methoxy groups -OCH3 is 1. The van der Waals surface area contributed by atoms with Crippen molar-refractivity contribution in [2.24, 2.45) is 0 Å². The summed E-state index contributed by atoms with van der Waals surface area (Å²) in [6, 6.07) is 2.75. The van der Waals surface area contributed by atoms with E-state index in [0.29, 0.717) is 12.3 Å². The Balaban J connectivity index is 0.00000136. The average Bonchev–Trinajstić information content (AvgIpc) is 3.14. The number of hydrogen-bond acceptors (Lipinski definition) is 8. The van der Waals surface area contributed by atoms with Crippen LogP contribution in [0.1, 0.15) is 36.2 Å². The highest BCUT2D eigenvalue weighted by atomic mass is 19.1. The number of halogens is 1. The molecule has 3 rings (SSSR count). The number of esters is 1. The van der Waals surface area contributed by atoms with Crippen LogP contribution in [0.2, 0.25) is 0 Å². The van der Waals surface area contributed by atoms with E-state index in [1.54, 1.807) is 17.8 Å². The van der Waals surface area contributed by atoms with Crippen LogP contribution >= 0.6 is 0 Å². The van der Waals surface area contributed by atoms with Gasteiger partial charge in [0.1, 0.15) is 5.56 Å². The van der Waals surface area contributed by atoms with Gasteiger partial charge in [-0.1, -0.05) is 0 Å². The molecule has 1 N–H and O–H groups in total. The lowest BCUT2D eigenvalue weighted by molar-refractivity contribution is 0.0516. The van der Waals surface area contributed by atoms with Crippen LogP contribution < -0.4 is 10.1 Å². The zero-order valence-corrected chi connectivity index (χ0v) is 15.7. The predicted molar refractivity (Wildman–Crippen MR) is 98.0 cm³/mol. The number of nitrogens with zero attached hydrogens (tertiary/aromatic N) is 4. The van der Waals surface area contributed by atoms with Gasteiger partial charge in [-0.05, 0) is 19.8 Å². The molecule has 9 nitrogen and oxygen atoms in total. The summed E-state index contributed by atoms with van der Waals surface area (Å²) in [5, 5.41) is 13.9. The van der Waals surface area contributed by atoms with E-state index >= 15 is 0 Å². The Bertz CT molecular complexity index is 818. The van der Waals surface area contributed by atoms with Crippen LogP contribution in [-0.4, -0.2) is 47.7 Å². The molecule has 0 aromatic carbocycles. The number of ether oxygens (including phenoxy) is 3. The highest BCUT2D eigenvalue weighted by Crippen LogP contribution is 2.26. The molecule has 1 aliphatic heterocycles. The van der Waals surface area contributed by atoms with E-state index < -0.39 is 11.9 Å². The van der Waals surface area contributed by atoms with Gasteiger partial charge in [0, 0.05) is 37.2 Å². The van der Waals surface area contributed by atoms with Crippen LogP contribution in [0.4, 0.5) is 15.9 Å². The SMILES string of the molecule is C#N.CCOC(=O)c1cn(C2CCCOC2)nc1Nc1cc(F)nc(OC)c1. The minimum atomic E-state index is -0.704. The Morgan fingerprint density at radius 3 is 2.93 bits per heavy atom. The molecule has 1 aliphatic rings. The lowest BCUT2D eigenvalue weighted by Gasteiger charge is -2.22. The summed E-state index contributed by atoms with van der Waals surface area (Å²) in [7, 11) is 1.40. The van der Waals surface area contributed by atoms with Gasteiger partial charge < -0.3 is 19.5 Å². The fourth-order valence-electron chi connectivity index (χ4n) is 2.75. The second-order valence-corrected chi connectivity index (χ2v) is 5.81. The summed E-state index contributed by atoms with van der Waals surface area (Å²) < 4.78 is 30.9. The van der Waals surface area contributed by atoms with Crippen LogP contribution in [0.15, 0.2) is 18.3 Å². The molecule has 0 aliphatic carbocycles. The summed E-state index contributed by atoms with van der Waals surface area (Å²) in [6.07, 6.45) is 3.46. The molecule has 1 fully saturated rings. The Morgan fingerprint density at radius 1 is 1.50 bits per heavy atom. The molecule has 2 aromatic heterocycles. The zero-order chi connectivity index (χ0) is 20.5. The molecular formula is C18H22FN5O4. The van der Waals surface area contributed by atoms with Crippen molar-refractivity contribution in [1.82, 2.24) is 14.8 Å². The third-order valence-electron chi connectivity index (χ3n) is 3.98. The number of anilines is 2. The highest BCUT2D eigenvalue weighted by Gasteiger charge is 2.23. The second-order valence-electron chi connectivity index (χ2n) is 5.81. The van der Waals surface area contributed by atoms with Crippen molar-refractivity contribution in [1.29, 1.82) is 5.26 Å². The van der Waals surface area contributed by atoms with Crippen LogP contribution in [0.3, 0.4) is 0 Å². The maximum atomic E-state index is 13.6. The molecule has 28 heavy (non-hydrogen) atoms. The van der Waals surface area contributed by atoms with Gasteiger partial charge in [0.05, 0.1) is 26.4 Å². The van der Waals surface area contributed by atoms with Crippen LogP contribution in [0.25, 0.3) is 0 Å². The van der Waals surface area contributed by atoms with Crippen molar-refractivity contribution >= 4 is 17.5 Å². The number of rotatable bonds is 6. The molecular weight excluding hydrogens is 369 g/mol. The van der Waals surface area contributed by atoms with Gasteiger partial charge in [-0.3, -0.25) is 4.68 Å². The minimum absolute atomic E-state index is 0.0381. The molecule has 150 valence electrons. The molecule has 0 saturated carbocycles. The molecule has 3 heterocycles. The Hall–Kier alpha value is -3.19. The molecule has 0 amide bonds. The molecule has 2 aromatic rings. The first-order valence-corrected chi connectivity index (χ1v) is 8.69. The first kappa shape index (κ1) is 21.1. The van der Waals surface area contributed by atoms with Gasteiger partial charge in [-0.2, -0.15) is 14.5 Å². The van der Waals surface area contributed by atoms with Gasteiger partial charge >= 0.3 is 5.97 Å². The van der Waals surface area contributed by atoms with E-state index in [1.165, 1.54) is 19.2 Å². The topological polar surface area (TPSA) is 111 Å². The first-order valence-electron chi connectivity index (χ1n) is 8.69. The summed E-state index contributed by atoms with van der Waals surface area (Å²) in [4.78, 5) is 15.9. The Kier molecular flexibility index (Phi) is 7.71.